The number of methoxy groups -OCH3 is 1. The zero-order valence-electron chi connectivity index (χ0n) is 25.0. The van der Waals surface area contributed by atoms with E-state index in [4.69, 9.17) is 9.47 Å². The Morgan fingerprint density at radius 2 is 1.86 bits per heavy atom. The van der Waals surface area contributed by atoms with Crippen LogP contribution in [0.5, 0.6) is 0 Å². The van der Waals surface area contributed by atoms with Crippen molar-refractivity contribution in [3.8, 4) is 0 Å². The number of rotatable bonds is 7. The van der Waals surface area contributed by atoms with Gasteiger partial charge in [-0.1, -0.05) is 55.3 Å². The van der Waals surface area contributed by atoms with E-state index in [1.807, 2.05) is 48.6 Å². The molecule has 0 aromatic heterocycles. The highest BCUT2D eigenvalue weighted by Crippen LogP contribution is 2.35. The van der Waals surface area contributed by atoms with Crippen LogP contribution >= 0.6 is 0 Å². The Kier molecular flexibility index (Phi) is 11.7. The van der Waals surface area contributed by atoms with Crippen LogP contribution in [0.4, 0.5) is 13.2 Å². The van der Waals surface area contributed by atoms with Crippen LogP contribution in [-0.2, 0) is 30.7 Å². The number of amides is 1. The zero-order valence-corrected chi connectivity index (χ0v) is 25.8. The van der Waals surface area contributed by atoms with Crippen molar-refractivity contribution in [1.82, 2.24) is 14.9 Å². The number of aliphatic hydroxyl groups is 1. The molecule has 0 saturated carbocycles. The SMILES string of the molecule is COC1=CC2C(=C[C@@H]3OCCCCC[C@H](N(C)S(=O)(=O)CCC(F)(F)F)C(=O)N[C@@H](Cc4ccccc4)[C@H](O)CN[C@H]23)C=C1. The number of hydrogen-bond donors (Lipinski definition) is 3. The number of ether oxygens (including phenoxy) is 2. The lowest BCUT2D eigenvalue weighted by atomic mass is 9.91. The van der Waals surface area contributed by atoms with Gasteiger partial charge in [-0.05, 0) is 42.6 Å². The van der Waals surface area contributed by atoms with Gasteiger partial charge in [0.25, 0.3) is 0 Å². The molecule has 4 rings (SSSR count). The van der Waals surface area contributed by atoms with E-state index in [-0.39, 0.29) is 37.5 Å². The highest BCUT2D eigenvalue weighted by molar-refractivity contribution is 7.89. The van der Waals surface area contributed by atoms with Crippen LogP contribution in [-0.4, -0.2) is 93.3 Å². The van der Waals surface area contributed by atoms with Crippen molar-refractivity contribution in [1.29, 1.82) is 0 Å². The second-order valence-electron chi connectivity index (χ2n) is 11.5. The van der Waals surface area contributed by atoms with Crippen LogP contribution in [0, 0.1) is 5.92 Å². The lowest BCUT2D eigenvalue weighted by Crippen LogP contribution is -2.56. The van der Waals surface area contributed by atoms with E-state index in [0.29, 0.717) is 25.9 Å². The van der Waals surface area contributed by atoms with Crippen LogP contribution in [0.25, 0.3) is 0 Å². The second kappa shape index (κ2) is 15.0. The van der Waals surface area contributed by atoms with Crippen molar-refractivity contribution in [2.24, 2.45) is 5.92 Å². The fourth-order valence-electron chi connectivity index (χ4n) is 5.85. The van der Waals surface area contributed by atoms with Gasteiger partial charge in [0.05, 0.1) is 37.5 Å². The molecule has 3 aliphatic rings. The van der Waals surface area contributed by atoms with Gasteiger partial charge in [-0.2, -0.15) is 17.5 Å². The summed E-state index contributed by atoms with van der Waals surface area (Å²) in [5.74, 6) is -1.15. The number of β-amino-alcohol motifs (C(OH)–C–C–N with tert-alkyl or cyclic N) is 1. The molecule has 9 nitrogen and oxygen atoms in total. The molecule has 1 fully saturated rings. The fraction of sp³-hybridized carbons (Fsp3) is 0.581. The fourth-order valence-corrected chi connectivity index (χ4v) is 7.22. The highest BCUT2D eigenvalue weighted by Gasteiger charge is 2.39. The number of nitrogens with zero attached hydrogens (tertiary/aromatic N) is 1. The molecule has 1 aliphatic heterocycles. The van der Waals surface area contributed by atoms with Gasteiger partial charge >= 0.3 is 6.18 Å². The summed E-state index contributed by atoms with van der Waals surface area (Å²) in [6.45, 7) is 0.504. The molecule has 1 heterocycles. The van der Waals surface area contributed by atoms with E-state index >= 15 is 0 Å². The maximum absolute atomic E-state index is 13.7. The third-order valence-corrected chi connectivity index (χ3v) is 10.3. The first-order chi connectivity index (χ1) is 20.9. The normalized spacial score (nSPS) is 29.0. The summed E-state index contributed by atoms with van der Waals surface area (Å²) in [6, 6.07) is 6.97. The molecule has 1 aromatic rings. The number of likely N-dealkylation sites (N-methyl/N-ethyl adjacent to an activating group) is 1. The standard InChI is InChI=1S/C31H42F3N3O6S/c1-37(44(40,41)16-14-31(32,33)34)26-11-7-4-8-15-43-28-18-22-12-13-23(42-2)19-24(22)29(28)35-20-27(38)25(36-30(26)39)17-21-9-5-3-6-10-21/h3,5-6,9-10,12-13,18-19,24-29,35,38H,4,7-8,11,14-17,20H2,1-2H3,(H,36,39)/t24?,25-,26-,27+,28-,29+/m0/s1. The van der Waals surface area contributed by atoms with Crippen LogP contribution in [0.1, 0.15) is 37.7 Å². The molecule has 1 aromatic carbocycles. The number of nitrogens with one attached hydrogen (secondary N) is 2. The van der Waals surface area contributed by atoms with Crippen LogP contribution in [0.3, 0.4) is 0 Å². The Labute approximate surface area is 257 Å². The molecule has 13 heteroatoms. The van der Waals surface area contributed by atoms with Crippen molar-refractivity contribution in [2.45, 2.75) is 75.0 Å². The maximum atomic E-state index is 13.7. The summed E-state index contributed by atoms with van der Waals surface area (Å²) in [5.41, 5.74) is 1.92. The smallest absolute Gasteiger partial charge is 0.390 e. The van der Waals surface area contributed by atoms with E-state index in [1.165, 1.54) is 0 Å². The predicted octanol–water partition coefficient (Wildman–Crippen LogP) is 3.23. The molecule has 0 spiro atoms. The molecule has 3 N–H and O–H groups in total. The number of alkyl halides is 3. The van der Waals surface area contributed by atoms with E-state index in [1.54, 1.807) is 7.11 Å². The first kappa shape index (κ1) is 34.2. The van der Waals surface area contributed by atoms with E-state index < -0.39 is 52.5 Å². The first-order valence-electron chi connectivity index (χ1n) is 14.9. The molecule has 1 saturated heterocycles. The number of halogens is 3. The van der Waals surface area contributed by atoms with Gasteiger partial charge in [-0.3, -0.25) is 4.79 Å². The summed E-state index contributed by atoms with van der Waals surface area (Å²) in [4.78, 5) is 13.7. The van der Waals surface area contributed by atoms with Gasteiger partial charge in [0, 0.05) is 32.2 Å². The summed E-state index contributed by atoms with van der Waals surface area (Å²) >= 11 is 0. The molecule has 6 atom stereocenters. The van der Waals surface area contributed by atoms with Crippen LogP contribution < -0.4 is 10.6 Å². The average molecular weight is 642 g/mol. The minimum Gasteiger partial charge on any atom is -0.497 e. The summed E-state index contributed by atoms with van der Waals surface area (Å²) in [5, 5.41) is 17.7. The van der Waals surface area contributed by atoms with E-state index in [9.17, 15) is 31.5 Å². The molecular formula is C31H42F3N3O6S. The largest absolute Gasteiger partial charge is 0.497 e. The Bertz CT molecular complexity index is 1320. The summed E-state index contributed by atoms with van der Waals surface area (Å²) in [6.07, 6.45) is 2.50. The predicted molar refractivity (Wildman–Crippen MR) is 160 cm³/mol. The van der Waals surface area contributed by atoms with Crippen molar-refractivity contribution in [3.63, 3.8) is 0 Å². The number of carbonyl (C=O) groups is 1. The monoisotopic (exact) mass is 641 g/mol. The van der Waals surface area contributed by atoms with Gasteiger partial charge in [0.2, 0.25) is 15.9 Å². The quantitative estimate of drug-likeness (QED) is 0.419. The third-order valence-electron chi connectivity index (χ3n) is 8.41. The number of aliphatic hydroxyl groups excluding tert-OH is 1. The molecule has 1 amide bonds. The number of carbonyl (C=O) groups excluding carboxylic acids is 1. The molecule has 244 valence electrons. The zero-order chi connectivity index (χ0) is 31.9. The highest BCUT2D eigenvalue weighted by atomic mass is 32.2. The second-order valence-corrected chi connectivity index (χ2v) is 13.7. The van der Waals surface area contributed by atoms with E-state index in [2.05, 4.69) is 16.7 Å². The van der Waals surface area contributed by atoms with Crippen LogP contribution in [0.15, 0.2) is 66.0 Å². The summed E-state index contributed by atoms with van der Waals surface area (Å²) < 4.78 is 76.8. The lowest BCUT2D eigenvalue weighted by molar-refractivity contribution is -0.130. The van der Waals surface area contributed by atoms with Crippen molar-refractivity contribution >= 4 is 15.9 Å². The Morgan fingerprint density at radius 3 is 2.57 bits per heavy atom. The molecule has 0 radical (unpaired) electrons. The topological polar surface area (TPSA) is 117 Å². The Morgan fingerprint density at radius 1 is 1.11 bits per heavy atom. The molecular weight excluding hydrogens is 599 g/mol. The minimum atomic E-state index is -4.65. The van der Waals surface area contributed by atoms with Crippen molar-refractivity contribution in [3.05, 3.63) is 71.5 Å². The third kappa shape index (κ3) is 9.16. The number of hydrogen-bond acceptors (Lipinski definition) is 7. The summed E-state index contributed by atoms with van der Waals surface area (Å²) in [7, 11) is -1.66. The van der Waals surface area contributed by atoms with E-state index in [0.717, 1.165) is 28.2 Å². The van der Waals surface area contributed by atoms with Gasteiger partial charge in [0.1, 0.15) is 11.8 Å². The van der Waals surface area contributed by atoms with Gasteiger partial charge in [-0.15, -0.1) is 0 Å². The average Bonchev–Trinajstić information content (AvgIpc) is 3.33. The van der Waals surface area contributed by atoms with Crippen molar-refractivity contribution < 1.29 is 41.0 Å². The number of fused-ring (bicyclic) bond motifs is 3. The van der Waals surface area contributed by atoms with Gasteiger partial charge in [-0.25, -0.2) is 8.42 Å². The molecule has 1 unspecified atom stereocenters. The lowest BCUT2D eigenvalue weighted by Gasteiger charge is -2.32. The van der Waals surface area contributed by atoms with Crippen LogP contribution in [0.2, 0.25) is 0 Å². The minimum absolute atomic E-state index is 0.0510. The van der Waals surface area contributed by atoms with Gasteiger partial charge < -0.3 is 25.2 Å². The maximum Gasteiger partial charge on any atom is 0.390 e. The van der Waals surface area contributed by atoms with Gasteiger partial charge in [0.15, 0.2) is 0 Å². The van der Waals surface area contributed by atoms with Crippen molar-refractivity contribution in [2.75, 3.05) is 33.1 Å². The Hall–Kier alpha value is -2.71. The number of benzene rings is 1. The Balaban J connectivity index is 1.58. The molecule has 44 heavy (non-hydrogen) atoms. The number of allylic oxidation sites excluding steroid dienone is 2. The number of sulfonamides is 1. The first-order valence-corrected chi connectivity index (χ1v) is 16.5. The molecule has 2 aliphatic carbocycles. The molecule has 0 bridgehead atoms.